The predicted molar refractivity (Wildman–Crippen MR) is 74.4 cm³/mol. The summed E-state index contributed by atoms with van der Waals surface area (Å²) in [5.41, 5.74) is 0.630. The molecule has 2 heterocycles. The highest BCUT2D eigenvalue weighted by atomic mass is 16.3. The number of carbonyl (C=O) groups excluding carboxylic acids is 1. The van der Waals surface area contributed by atoms with E-state index in [2.05, 4.69) is 15.3 Å². The molecule has 1 aliphatic carbocycles. The normalized spacial score (nSPS) is 22.6. The van der Waals surface area contributed by atoms with Crippen molar-refractivity contribution in [3.63, 3.8) is 0 Å². The Labute approximate surface area is 118 Å². The summed E-state index contributed by atoms with van der Waals surface area (Å²) in [5, 5.41) is 12.0. The molecule has 1 aromatic heterocycles. The van der Waals surface area contributed by atoms with Gasteiger partial charge in [-0.1, -0.05) is 0 Å². The first-order chi connectivity index (χ1) is 9.76. The van der Waals surface area contributed by atoms with Crippen molar-refractivity contribution < 1.29 is 9.90 Å². The number of aliphatic hydroxyl groups excluding tert-OH is 1. The molecule has 2 N–H and O–H groups in total. The second-order valence-corrected chi connectivity index (χ2v) is 5.67. The molecule has 108 valence electrons. The fourth-order valence-electron chi connectivity index (χ4n) is 2.56. The molecule has 6 heteroatoms. The van der Waals surface area contributed by atoms with Gasteiger partial charge in [0.05, 0.1) is 18.1 Å². The Morgan fingerprint density at radius 2 is 2.10 bits per heavy atom. The first kappa shape index (κ1) is 13.3. The highest BCUT2D eigenvalue weighted by Crippen LogP contribution is 2.37. The molecule has 3 rings (SSSR count). The zero-order valence-corrected chi connectivity index (χ0v) is 11.5. The van der Waals surface area contributed by atoms with Crippen LogP contribution < -0.4 is 5.32 Å². The Hall–Kier alpha value is -1.69. The molecular weight excluding hydrogens is 256 g/mol. The van der Waals surface area contributed by atoms with Gasteiger partial charge < -0.3 is 15.3 Å². The van der Waals surface area contributed by atoms with Crippen molar-refractivity contribution in [3.05, 3.63) is 18.2 Å². The summed E-state index contributed by atoms with van der Waals surface area (Å²) in [4.78, 5) is 22.5. The lowest BCUT2D eigenvalue weighted by molar-refractivity contribution is 0.136. The summed E-state index contributed by atoms with van der Waals surface area (Å²) in [7, 11) is 0. The van der Waals surface area contributed by atoms with Gasteiger partial charge in [0.2, 0.25) is 0 Å². The fraction of sp³-hybridized carbons (Fsp3) is 0.643. The third-order valence-corrected chi connectivity index (χ3v) is 3.93. The van der Waals surface area contributed by atoms with Gasteiger partial charge in [-0.2, -0.15) is 0 Å². The molecule has 6 nitrogen and oxygen atoms in total. The minimum absolute atomic E-state index is 0.133. The standard InChI is InChI=1S/C14H20N4O2/c19-9-10-2-1-5-18(8-10)14(20)17-12-6-15-13(16-7-12)11-3-4-11/h6-7,10-11,19H,1-5,8-9H2,(H,17,20). The van der Waals surface area contributed by atoms with E-state index in [1.807, 2.05) is 0 Å². The Bertz CT molecular complexity index is 473. The van der Waals surface area contributed by atoms with Gasteiger partial charge in [0.25, 0.3) is 0 Å². The van der Waals surface area contributed by atoms with Crippen molar-refractivity contribution in [1.29, 1.82) is 0 Å². The summed E-state index contributed by atoms with van der Waals surface area (Å²) in [6, 6.07) is -0.133. The molecule has 2 fully saturated rings. The van der Waals surface area contributed by atoms with Crippen LogP contribution >= 0.6 is 0 Å². The van der Waals surface area contributed by atoms with E-state index in [0.717, 1.165) is 25.2 Å². The number of urea groups is 1. The monoisotopic (exact) mass is 276 g/mol. The van der Waals surface area contributed by atoms with Crippen LogP contribution in [0.4, 0.5) is 10.5 Å². The van der Waals surface area contributed by atoms with Crippen LogP contribution in [0, 0.1) is 5.92 Å². The number of hydrogen-bond acceptors (Lipinski definition) is 4. The van der Waals surface area contributed by atoms with Crippen molar-refractivity contribution in [2.75, 3.05) is 25.0 Å². The molecule has 2 amide bonds. The van der Waals surface area contributed by atoms with Crippen LogP contribution in [-0.4, -0.2) is 45.7 Å². The summed E-state index contributed by atoms with van der Waals surface area (Å²) in [5.74, 6) is 1.59. The van der Waals surface area contributed by atoms with E-state index in [9.17, 15) is 9.90 Å². The van der Waals surface area contributed by atoms with Crippen LogP contribution in [0.1, 0.15) is 37.4 Å². The van der Waals surface area contributed by atoms with Crippen LogP contribution in [0.3, 0.4) is 0 Å². The van der Waals surface area contributed by atoms with E-state index in [4.69, 9.17) is 0 Å². The van der Waals surface area contributed by atoms with E-state index in [1.165, 1.54) is 12.8 Å². The Kier molecular flexibility index (Phi) is 3.82. The summed E-state index contributed by atoms with van der Waals surface area (Å²) in [6.45, 7) is 1.50. The average Bonchev–Trinajstić information content (AvgIpc) is 3.33. The van der Waals surface area contributed by atoms with E-state index >= 15 is 0 Å². The van der Waals surface area contributed by atoms with Gasteiger partial charge in [-0.25, -0.2) is 14.8 Å². The smallest absolute Gasteiger partial charge is 0.321 e. The lowest BCUT2D eigenvalue weighted by atomic mass is 9.99. The number of rotatable bonds is 3. The lowest BCUT2D eigenvalue weighted by Gasteiger charge is -2.31. The average molecular weight is 276 g/mol. The third-order valence-electron chi connectivity index (χ3n) is 3.93. The number of likely N-dealkylation sites (tertiary alicyclic amines) is 1. The number of anilines is 1. The zero-order chi connectivity index (χ0) is 13.9. The second-order valence-electron chi connectivity index (χ2n) is 5.67. The Morgan fingerprint density at radius 1 is 1.35 bits per heavy atom. The largest absolute Gasteiger partial charge is 0.396 e. The molecule has 20 heavy (non-hydrogen) atoms. The third kappa shape index (κ3) is 3.07. The molecular formula is C14H20N4O2. The molecule has 0 spiro atoms. The number of piperidine rings is 1. The molecule has 0 radical (unpaired) electrons. The molecule has 1 aromatic rings. The number of carbonyl (C=O) groups is 1. The molecule has 2 aliphatic rings. The maximum atomic E-state index is 12.1. The lowest BCUT2D eigenvalue weighted by Crippen LogP contribution is -2.43. The molecule has 1 aliphatic heterocycles. The van der Waals surface area contributed by atoms with Crippen LogP contribution in [0.2, 0.25) is 0 Å². The first-order valence-electron chi connectivity index (χ1n) is 7.25. The summed E-state index contributed by atoms with van der Waals surface area (Å²) < 4.78 is 0. The van der Waals surface area contributed by atoms with Gasteiger partial charge in [0.15, 0.2) is 0 Å². The molecule has 0 aromatic carbocycles. The summed E-state index contributed by atoms with van der Waals surface area (Å²) in [6.07, 6.45) is 7.61. The number of nitrogens with zero attached hydrogens (tertiary/aromatic N) is 3. The van der Waals surface area contributed by atoms with Crippen molar-refractivity contribution in [2.45, 2.75) is 31.6 Å². The fourth-order valence-corrected chi connectivity index (χ4v) is 2.56. The second kappa shape index (κ2) is 5.75. The van der Waals surface area contributed by atoms with E-state index in [-0.39, 0.29) is 18.6 Å². The van der Waals surface area contributed by atoms with Crippen LogP contribution in [0.25, 0.3) is 0 Å². The highest BCUT2D eigenvalue weighted by molar-refractivity contribution is 5.89. The van der Waals surface area contributed by atoms with Gasteiger partial charge in [-0.3, -0.25) is 0 Å². The highest BCUT2D eigenvalue weighted by Gasteiger charge is 2.26. The van der Waals surface area contributed by atoms with Gasteiger partial charge in [-0.05, 0) is 31.6 Å². The maximum absolute atomic E-state index is 12.1. The molecule has 1 unspecified atom stereocenters. The number of nitrogens with one attached hydrogen (secondary N) is 1. The van der Waals surface area contributed by atoms with E-state index < -0.39 is 0 Å². The van der Waals surface area contributed by atoms with Crippen molar-refractivity contribution in [1.82, 2.24) is 14.9 Å². The summed E-state index contributed by atoms with van der Waals surface area (Å²) >= 11 is 0. The molecule has 1 atom stereocenters. The van der Waals surface area contributed by atoms with Crippen LogP contribution in [0.15, 0.2) is 12.4 Å². The van der Waals surface area contributed by atoms with Crippen LogP contribution in [0.5, 0.6) is 0 Å². The van der Waals surface area contributed by atoms with Crippen LogP contribution in [-0.2, 0) is 0 Å². The molecule has 0 bridgehead atoms. The topological polar surface area (TPSA) is 78.4 Å². The number of hydrogen-bond donors (Lipinski definition) is 2. The number of amides is 2. The first-order valence-corrected chi connectivity index (χ1v) is 7.25. The van der Waals surface area contributed by atoms with Gasteiger partial charge >= 0.3 is 6.03 Å². The van der Waals surface area contributed by atoms with Gasteiger partial charge in [0, 0.05) is 25.6 Å². The number of aromatic nitrogens is 2. The van der Waals surface area contributed by atoms with Crippen molar-refractivity contribution in [2.24, 2.45) is 5.92 Å². The SMILES string of the molecule is O=C(Nc1cnc(C2CC2)nc1)N1CCCC(CO)C1. The maximum Gasteiger partial charge on any atom is 0.321 e. The predicted octanol–water partition coefficient (Wildman–Crippen LogP) is 1.59. The van der Waals surface area contributed by atoms with E-state index in [0.29, 0.717) is 18.2 Å². The Balaban J connectivity index is 1.57. The molecule has 1 saturated heterocycles. The minimum Gasteiger partial charge on any atom is -0.396 e. The Morgan fingerprint density at radius 3 is 2.75 bits per heavy atom. The quantitative estimate of drug-likeness (QED) is 0.878. The van der Waals surface area contributed by atoms with E-state index in [1.54, 1.807) is 17.3 Å². The van der Waals surface area contributed by atoms with Crippen molar-refractivity contribution in [3.8, 4) is 0 Å². The molecule has 1 saturated carbocycles. The van der Waals surface area contributed by atoms with Gasteiger partial charge in [0.1, 0.15) is 5.82 Å². The number of aliphatic hydroxyl groups is 1. The van der Waals surface area contributed by atoms with Crippen molar-refractivity contribution >= 4 is 11.7 Å². The zero-order valence-electron chi connectivity index (χ0n) is 11.5. The minimum atomic E-state index is -0.133. The van der Waals surface area contributed by atoms with Gasteiger partial charge in [-0.15, -0.1) is 0 Å².